The maximum Gasteiger partial charge on any atom is 0.131 e. The molecule has 15 heavy (non-hydrogen) atoms. The van der Waals surface area contributed by atoms with E-state index < -0.39 is 11.6 Å². The van der Waals surface area contributed by atoms with E-state index in [0.29, 0.717) is 5.15 Å². The Balaban J connectivity index is 2.94. The molecule has 1 heterocycles. The summed E-state index contributed by atoms with van der Waals surface area (Å²) in [6.07, 6.45) is 1.24. The molecule has 0 saturated heterocycles. The van der Waals surface area contributed by atoms with Gasteiger partial charge in [0.25, 0.3) is 0 Å². The number of hydrogen-bond donors (Lipinski definition) is 2. The second-order valence-electron chi connectivity index (χ2n) is 4.01. The van der Waals surface area contributed by atoms with Gasteiger partial charge in [-0.05, 0) is 49.4 Å². The summed E-state index contributed by atoms with van der Waals surface area (Å²) in [6, 6.07) is 1.76. The highest BCUT2D eigenvalue weighted by Crippen LogP contribution is 2.25. The molecule has 84 valence electrons. The number of hydrogen-bond acceptors (Lipinski definition) is 3. The minimum absolute atomic E-state index is 0.398. The van der Waals surface area contributed by atoms with Crippen molar-refractivity contribution in [3.63, 3.8) is 0 Å². The Labute approximate surface area is 108 Å². The Morgan fingerprint density at radius 1 is 1.60 bits per heavy atom. The molecule has 3 nitrogen and oxygen atoms in total. The highest BCUT2D eigenvalue weighted by molar-refractivity contribution is 14.1. The molecular weight excluding hydrogens is 326 g/mol. The smallest absolute Gasteiger partial charge is 0.131 e. The van der Waals surface area contributed by atoms with Crippen LogP contribution in [0.1, 0.15) is 20.8 Å². The summed E-state index contributed by atoms with van der Waals surface area (Å²) in [6.45, 7) is 5.62. The van der Waals surface area contributed by atoms with Crippen molar-refractivity contribution < 1.29 is 5.11 Å². The van der Waals surface area contributed by atoms with Crippen molar-refractivity contribution in [1.29, 1.82) is 0 Å². The zero-order valence-corrected chi connectivity index (χ0v) is 11.8. The molecule has 1 unspecified atom stereocenters. The number of aliphatic hydroxyl groups excluding tert-OH is 1. The zero-order chi connectivity index (χ0) is 11.6. The Bertz CT molecular complexity index is 355. The molecule has 0 saturated carbocycles. The van der Waals surface area contributed by atoms with Gasteiger partial charge in [-0.3, -0.25) is 0 Å². The number of pyridine rings is 1. The highest BCUT2D eigenvalue weighted by atomic mass is 127. The molecule has 0 aliphatic heterocycles. The molecule has 0 spiro atoms. The lowest BCUT2D eigenvalue weighted by Crippen LogP contribution is -2.42. The lowest BCUT2D eigenvalue weighted by atomic mass is 9.98. The molecule has 0 aliphatic rings. The van der Waals surface area contributed by atoms with Crippen LogP contribution in [0, 0.1) is 3.57 Å². The third-order valence-electron chi connectivity index (χ3n) is 2.32. The number of nitrogens with zero attached hydrogens (tertiary/aromatic N) is 1. The van der Waals surface area contributed by atoms with Crippen molar-refractivity contribution in [1.82, 2.24) is 4.98 Å². The summed E-state index contributed by atoms with van der Waals surface area (Å²) in [5.41, 5.74) is 0.492. The fourth-order valence-corrected chi connectivity index (χ4v) is 1.55. The molecule has 1 aromatic rings. The molecule has 1 atom stereocenters. The first-order chi connectivity index (χ1) is 6.83. The second kappa shape index (κ2) is 4.84. The normalized spacial score (nSPS) is 13.7. The maximum absolute atomic E-state index is 9.59. The molecule has 2 N–H and O–H groups in total. The Kier molecular flexibility index (Phi) is 4.20. The van der Waals surface area contributed by atoms with Crippen LogP contribution in [0.4, 0.5) is 5.69 Å². The fourth-order valence-electron chi connectivity index (χ4n) is 0.961. The number of halogens is 2. The van der Waals surface area contributed by atoms with Crippen LogP contribution in [0.3, 0.4) is 0 Å². The van der Waals surface area contributed by atoms with Gasteiger partial charge in [0.05, 0.1) is 20.9 Å². The van der Waals surface area contributed by atoms with Crippen LogP contribution in [0.15, 0.2) is 12.3 Å². The predicted molar refractivity (Wildman–Crippen MR) is 71.3 cm³/mol. The summed E-state index contributed by atoms with van der Waals surface area (Å²) >= 11 is 7.98. The van der Waals surface area contributed by atoms with E-state index in [-0.39, 0.29) is 0 Å². The minimum Gasteiger partial charge on any atom is -0.391 e. The lowest BCUT2D eigenvalue weighted by Gasteiger charge is -2.31. The van der Waals surface area contributed by atoms with E-state index in [1.807, 2.05) is 13.8 Å². The van der Waals surface area contributed by atoms with Gasteiger partial charge in [-0.15, -0.1) is 0 Å². The first-order valence-corrected chi connectivity index (χ1v) is 6.06. The molecule has 0 fully saturated rings. The van der Waals surface area contributed by atoms with Crippen LogP contribution in [0.5, 0.6) is 0 Å². The summed E-state index contributed by atoms with van der Waals surface area (Å²) < 4.78 is 0.978. The highest BCUT2D eigenvalue weighted by Gasteiger charge is 2.24. The Morgan fingerprint density at radius 3 is 2.73 bits per heavy atom. The van der Waals surface area contributed by atoms with Crippen LogP contribution < -0.4 is 5.32 Å². The summed E-state index contributed by atoms with van der Waals surface area (Å²) in [5.74, 6) is 0. The molecule has 0 bridgehead atoms. The molecule has 0 amide bonds. The molecule has 5 heteroatoms. The maximum atomic E-state index is 9.59. The number of aliphatic hydroxyl groups is 1. The van der Waals surface area contributed by atoms with Gasteiger partial charge in [-0.2, -0.15) is 0 Å². The van der Waals surface area contributed by atoms with E-state index in [4.69, 9.17) is 11.6 Å². The van der Waals surface area contributed by atoms with Gasteiger partial charge in [0.15, 0.2) is 0 Å². The second-order valence-corrected chi connectivity index (χ2v) is 5.56. The average molecular weight is 341 g/mol. The zero-order valence-electron chi connectivity index (χ0n) is 8.88. The lowest BCUT2D eigenvalue weighted by molar-refractivity contribution is 0.133. The topological polar surface area (TPSA) is 45.1 Å². The van der Waals surface area contributed by atoms with Crippen LogP contribution in [0.25, 0.3) is 0 Å². The molecule has 1 aromatic heterocycles. The van der Waals surface area contributed by atoms with Gasteiger partial charge in [0.1, 0.15) is 5.15 Å². The van der Waals surface area contributed by atoms with Crippen LogP contribution in [0.2, 0.25) is 5.15 Å². The van der Waals surface area contributed by atoms with Crippen molar-refractivity contribution in [2.75, 3.05) is 5.32 Å². The summed E-state index contributed by atoms with van der Waals surface area (Å²) in [4.78, 5) is 3.97. The Hall–Kier alpha value is -0.0700. The minimum atomic E-state index is -0.458. The van der Waals surface area contributed by atoms with Crippen LogP contribution in [-0.2, 0) is 0 Å². The van der Waals surface area contributed by atoms with Gasteiger partial charge in [0, 0.05) is 6.20 Å². The van der Waals surface area contributed by atoms with E-state index in [1.54, 1.807) is 19.2 Å². The number of nitrogens with one attached hydrogen (secondary N) is 1. The number of rotatable bonds is 3. The van der Waals surface area contributed by atoms with Crippen molar-refractivity contribution in [3.8, 4) is 0 Å². The van der Waals surface area contributed by atoms with Gasteiger partial charge in [-0.1, -0.05) is 11.6 Å². The van der Waals surface area contributed by atoms with E-state index >= 15 is 0 Å². The van der Waals surface area contributed by atoms with Gasteiger partial charge in [0.2, 0.25) is 0 Å². The Morgan fingerprint density at radius 2 is 2.20 bits per heavy atom. The SMILES string of the molecule is CC(O)C(C)(C)Nc1cc(Cl)ncc1I. The quantitative estimate of drug-likeness (QED) is 0.657. The van der Waals surface area contributed by atoms with Crippen molar-refractivity contribution >= 4 is 39.9 Å². The van der Waals surface area contributed by atoms with E-state index in [1.165, 1.54) is 0 Å². The van der Waals surface area contributed by atoms with Crippen molar-refractivity contribution in [3.05, 3.63) is 21.0 Å². The molecule has 0 aromatic carbocycles. The van der Waals surface area contributed by atoms with Crippen LogP contribution >= 0.6 is 34.2 Å². The predicted octanol–water partition coefficient (Wildman–Crippen LogP) is 2.91. The first-order valence-electron chi connectivity index (χ1n) is 4.60. The standard InChI is InChI=1S/C10H14ClIN2O/c1-6(15)10(2,3)14-8-4-9(11)13-5-7(8)12/h4-6,15H,1-3H3,(H,13,14). The molecule has 0 radical (unpaired) electrons. The van der Waals surface area contributed by atoms with Gasteiger partial charge < -0.3 is 10.4 Å². The van der Waals surface area contributed by atoms with E-state index in [0.717, 1.165) is 9.26 Å². The van der Waals surface area contributed by atoms with Crippen LogP contribution in [-0.4, -0.2) is 21.7 Å². The van der Waals surface area contributed by atoms with Gasteiger partial charge in [-0.25, -0.2) is 4.98 Å². The number of anilines is 1. The molecule has 0 aliphatic carbocycles. The van der Waals surface area contributed by atoms with Gasteiger partial charge >= 0.3 is 0 Å². The number of aromatic nitrogens is 1. The summed E-state index contributed by atoms with van der Waals surface area (Å²) in [7, 11) is 0. The average Bonchev–Trinajstić information content (AvgIpc) is 2.10. The van der Waals surface area contributed by atoms with E-state index in [2.05, 4.69) is 32.9 Å². The third-order valence-corrected chi connectivity index (χ3v) is 3.39. The van der Waals surface area contributed by atoms with Crippen molar-refractivity contribution in [2.24, 2.45) is 0 Å². The molecule has 1 rings (SSSR count). The first kappa shape index (κ1) is 13.0. The van der Waals surface area contributed by atoms with Crippen molar-refractivity contribution in [2.45, 2.75) is 32.4 Å². The summed E-state index contributed by atoms with van der Waals surface area (Å²) in [5, 5.41) is 13.3. The monoisotopic (exact) mass is 340 g/mol. The largest absolute Gasteiger partial charge is 0.391 e. The molecular formula is C10H14ClIN2O. The third kappa shape index (κ3) is 3.46. The fraction of sp³-hybridized carbons (Fsp3) is 0.500. The van der Waals surface area contributed by atoms with E-state index in [9.17, 15) is 5.11 Å².